The highest BCUT2D eigenvalue weighted by Crippen LogP contribution is 2.28. The molecule has 1 N–H and O–H groups in total. The third-order valence-electron chi connectivity index (χ3n) is 6.51. The zero-order valence-electron chi connectivity index (χ0n) is 19.4. The number of nitrogens with one attached hydrogen (secondary N) is 1. The Kier molecular flexibility index (Phi) is 6.11. The van der Waals surface area contributed by atoms with Crippen LogP contribution in [-0.2, 0) is 6.54 Å². The average Bonchev–Trinajstić information content (AvgIpc) is 3.43. The number of piperazine rings is 1. The Balaban J connectivity index is 1.33. The lowest BCUT2D eigenvalue weighted by atomic mass is 10.1. The maximum Gasteiger partial charge on any atom is 0.322 e. The lowest BCUT2D eigenvalue weighted by Crippen LogP contribution is -2.56. The summed E-state index contributed by atoms with van der Waals surface area (Å²) in [4.78, 5) is 31.3. The molecule has 2 aromatic heterocycles. The molecule has 0 unspecified atom stereocenters. The third kappa shape index (κ3) is 4.31. The summed E-state index contributed by atoms with van der Waals surface area (Å²) in [7, 11) is 0. The molecule has 0 spiro atoms. The van der Waals surface area contributed by atoms with E-state index in [0.29, 0.717) is 31.9 Å². The minimum atomic E-state index is -0.130. The number of aromatic nitrogens is 1. The molecule has 7 heteroatoms. The molecule has 0 aliphatic carbocycles. The van der Waals surface area contributed by atoms with Crippen molar-refractivity contribution in [3.05, 3.63) is 88.9 Å². The molecule has 4 aromatic rings. The van der Waals surface area contributed by atoms with Crippen molar-refractivity contribution < 1.29 is 9.59 Å². The number of anilines is 1. The van der Waals surface area contributed by atoms with Crippen LogP contribution < -0.4 is 5.32 Å². The lowest BCUT2D eigenvalue weighted by Gasteiger charge is -2.39. The van der Waals surface area contributed by atoms with E-state index in [4.69, 9.17) is 0 Å². The van der Waals surface area contributed by atoms with Crippen LogP contribution in [0.25, 0.3) is 10.2 Å². The summed E-state index contributed by atoms with van der Waals surface area (Å²) in [6.07, 6.45) is 0. The number of amides is 3. The summed E-state index contributed by atoms with van der Waals surface area (Å²) in [5, 5.41) is 6.12. The number of nitrogens with zero attached hydrogens (tertiary/aromatic N) is 3. The van der Waals surface area contributed by atoms with Crippen molar-refractivity contribution in [2.24, 2.45) is 0 Å². The van der Waals surface area contributed by atoms with Crippen molar-refractivity contribution >= 4 is 39.2 Å². The van der Waals surface area contributed by atoms with Gasteiger partial charge >= 0.3 is 6.03 Å². The van der Waals surface area contributed by atoms with Crippen LogP contribution in [0.15, 0.2) is 72.1 Å². The summed E-state index contributed by atoms with van der Waals surface area (Å²) in [5.74, 6) is 0.0203. The quantitative estimate of drug-likeness (QED) is 0.430. The Bertz CT molecular complexity index is 1330. The van der Waals surface area contributed by atoms with Gasteiger partial charge in [-0.05, 0) is 54.6 Å². The van der Waals surface area contributed by atoms with E-state index in [-0.39, 0.29) is 18.0 Å². The molecular weight excluding hydrogens is 444 g/mol. The maximum absolute atomic E-state index is 13.7. The minimum Gasteiger partial charge on any atom is -0.334 e. The number of rotatable bonds is 4. The number of hydrogen-bond acceptors (Lipinski definition) is 3. The summed E-state index contributed by atoms with van der Waals surface area (Å²) in [6, 6.07) is 21.6. The summed E-state index contributed by atoms with van der Waals surface area (Å²) in [6.45, 7) is 6.27. The molecule has 3 heterocycles. The second-order valence-electron chi connectivity index (χ2n) is 8.81. The maximum atomic E-state index is 13.7. The van der Waals surface area contributed by atoms with E-state index in [1.54, 1.807) is 11.3 Å². The molecule has 1 atom stereocenters. The highest BCUT2D eigenvalue weighted by atomic mass is 32.1. The van der Waals surface area contributed by atoms with Crippen LogP contribution in [-0.4, -0.2) is 52.0 Å². The highest BCUT2D eigenvalue weighted by molar-refractivity contribution is 7.16. The standard InChI is InChI=1S/C27H28N4O2S/c1-19-8-6-7-9-22(19)18-31-24(16-21-12-15-34-26(21)31)25(32)29-13-14-30(20(2)17-29)27(33)28-23-10-4-3-5-11-23/h3-12,15-16,20H,13-14,17-18H2,1-2H3,(H,28,33)/t20-/m1/s1. The fourth-order valence-electron chi connectivity index (χ4n) is 4.59. The number of urea groups is 1. The van der Waals surface area contributed by atoms with E-state index in [2.05, 4.69) is 40.4 Å². The van der Waals surface area contributed by atoms with E-state index in [1.807, 2.05) is 65.3 Å². The molecule has 1 aliphatic rings. The van der Waals surface area contributed by atoms with Gasteiger partial charge in [-0.15, -0.1) is 11.3 Å². The van der Waals surface area contributed by atoms with Crippen LogP contribution in [0.2, 0.25) is 0 Å². The molecule has 0 radical (unpaired) electrons. The van der Waals surface area contributed by atoms with E-state index in [9.17, 15) is 9.59 Å². The monoisotopic (exact) mass is 472 g/mol. The van der Waals surface area contributed by atoms with Gasteiger partial charge in [0, 0.05) is 43.3 Å². The van der Waals surface area contributed by atoms with Crippen LogP contribution in [0.1, 0.15) is 28.5 Å². The van der Waals surface area contributed by atoms with Crippen molar-refractivity contribution in [1.29, 1.82) is 0 Å². The Morgan fingerprint density at radius 2 is 1.79 bits per heavy atom. The van der Waals surface area contributed by atoms with E-state index in [1.165, 1.54) is 11.1 Å². The highest BCUT2D eigenvalue weighted by Gasteiger charge is 2.32. The molecule has 1 aliphatic heterocycles. The van der Waals surface area contributed by atoms with Gasteiger partial charge in [-0.2, -0.15) is 0 Å². The number of benzene rings is 2. The van der Waals surface area contributed by atoms with Crippen LogP contribution in [0.3, 0.4) is 0 Å². The third-order valence-corrected chi connectivity index (χ3v) is 7.46. The van der Waals surface area contributed by atoms with Crippen LogP contribution in [0.4, 0.5) is 10.5 Å². The molecule has 34 heavy (non-hydrogen) atoms. The minimum absolute atomic E-state index is 0.0203. The predicted molar refractivity (Wildman–Crippen MR) is 138 cm³/mol. The van der Waals surface area contributed by atoms with Gasteiger partial charge in [0.15, 0.2) is 0 Å². The van der Waals surface area contributed by atoms with Crippen molar-refractivity contribution in [3.63, 3.8) is 0 Å². The fourth-order valence-corrected chi connectivity index (χ4v) is 5.49. The number of carbonyl (C=O) groups is 2. The van der Waals surface area contributed by atoms with Crippen molar-refractivity contribution in [2.75, 3.05) is 25.0 Å². The fraction of sp³-hybridized carbons (Fsp3) is 0.259. The molecule has 6 nitrogen and oxygen atoms in total. The van der Waals surface area contributed by atoms with Gasteiger partial charge in [-0.1, -0.05) is 42.5 Å². The number of thiophene rings is 1. The van der Waals surface area contributed by atoms with Crippen LogP contribution in [0.5, 0.6) is 0 Å². The predicted octanol–water partition coefficient (Wildman–Crippen LogP) is 5.44. The SMILES string of the molecule is Cc1ccccc1Cn1c(C(=O)N2CCN(C(=O)Nc3ccccc3)[C@H](C)C2)cc2ccsc21. The van der Waals surface area contributed by atoms with Gasteiger partial charge in [0.2, 0.25) is 0 Å². The molecule has 174 valence electrons. The smallest absolute Gasteiger partial charge is 0.322 e. The Morgan fingerprint density at radius 1 is 1.03 bits per heavy atom. The topological polar surface area (TPSA) is 57.6 Å². The van der Waals surface area contributed by atoms with Gasteiger partial charge in [0.1, 0.15) is 10.5 Å². The first-order valence-corrected chi connectivity index (χ1v) is 12.4. The first-order valence-electron chi connectivity index (χ1n) is 11.5. The number of carbonyl (C=O) groups excluding carboxylic acids is 2. The second-order valence-corrected chi connectivity index (χ2v) is 9.71. The molecule has 3 amide bonds. The van der Waals surface area contributed by atoms with Crippen molar-refractivity contribution in [3.8, 4) is 0 Å². The second kappa shape index (κ2) is 9.35. The van der Waals surface area contributed by atoms with Gasteiger partial charge in [0.05, 0.1) is 0 Å². The number of hydrogen-bond donors (Lipinski definition) is 1. The molecule has 2 aromatic carbocycles. The Morgan fingerprint density at radius 3 is 2.56 bits per heavy atom. The van der Waals surface area contributed by atoms with Crippen molar-refractivity contribution in [2.45, 2.75) is 26.4 Å². The summed E-state index contributed by atoms with van der Waals surface area (Å²) in [5.41, 5.74) is 3.90. The van der Waals surface area contributed by atoms with Gasteiger partial charge < -0.3 is 19.7 Å². The first-order chi connectivity index (χ1) is 16.5. The van der Waals surface area contributed by atoms with E-state index in [0.717, 1.165) is 15.9 Å². The first kappa shape index (κ1) is 22.2. The van der Waals surface area contributed by atoms with Crippen LogP contribution >= 0.6 is 11.3 Å². The van der Waals surface area contributed by atoms with Crippen LogP contribution in [0, 0.1) is 6.92 Å². The zero-order valence-corrected chi connectivity index (χ0v) is 20.2. The van der Waals surface area contributed by atoms with Gasteiger partial charge in [-0.3, -0.25) is 4.79 Å². The number of fused-ring (bicyclic) bond motifs is 1. The molecule has 5 rings (SSSR count). The normalized spacial score (nSPS) is 16.1. The van der Waals surface area contributed by atoms with Gasteiger partial charge in [0.25, 0.3) is 5.91 Å². The van der Waals surface area contributed by atoms with Crippen molar-refractivity contribution in [1.82, 2.24) is 14.4 Å². The summed E-state index contributed by atoms with van der Waals surface area (Å²) < 4.78 is 2.14. The Hall–Kier alpha value is -3.58. The summed E-state index contributed by atoms with van der Waals surface area (Å²) >= 11 is 1.66. The Labute approximate surface area is 203 Å². The molecule has 1 saturated heterocycles. The van der Waals surface area contributed by atoms with Gasteiger partial charge in [-0.25, -0.2) is 4.79 Å². The average molecular weight is 473 g/mol. The number of para-hydroxylation sites is 1. The zero-order chi connectivity index (χ0) is 23.7. The lowest BCUT2D eigenvalue weighted by molar-refractivity contribution is 0.0583. The molecule has 0 saturated carbocycles. The van der Waals surface area contributed by atoms with E-state index >= 15 is 0 Å². The molecule has 0 bridgehead atoms. The largest absolute Gasteiger partial charge is 0.334 e. The molecule has 1 fully saturated rings. The molecular formula is C27H28N4O2S. The number of aryl methyl sites for hydroxylation is 1. The van der Waals surface area contributed by atoms with E-state index < -0.39 is 0 Å².